The number of rotatable bonds is 2. The molecular weight excluding hydrogens is 160 g/mol. The van der Waals surface area contributed by atoms with E-state index in [4.69, 9.17) is 4.42 Å². The third-order valence-corrected chi connectivity index (χ3v) is 2.75. The van der Waals surface area contributed by atoms with Gasteiger partial charge in [-0.1, -0.05) is 31.4 Å². The monoisotopic (exact) mass is 176 g/mol. The average Bonchev–Trinajstić information content (AvgIpc) is 2.69. The standard InChI is InChI=1S/C12H16O/c1-2-4-11(5-3-1)6-7-12-8-9-13-10-12/h6-11H,1-5H2/b7-6+. The Hall–Kier alpha value is -0.980. The molecule has 0 aliphatic heterocycles. The Morgan fingerprint density at radius 3 is 2.77 bits per heavy atom. The Bertz CT molecular complexity index is 253. The molecular formula is C12H16O. The smallest absolute Gasteiger partial charge is 0.0974 e. The fraction of sp³-hybridized carbons (Fsp3) is 0.500. The van der Waals surface area contributed by atoms with Crippen molar-refractivity contribution in [3.05, 3.63) is 30.2 Å². The van der Waals surface area contributed by atoms with Crippen LogP contribution in [0.15, 0.2) is 29.1 Å². The molecule has 0 unspecified atom stereocenters. The van der Waals surface area contributed by atoms with Crippen LogP contribution >= 0.6 is 0 Å². The van der Waals surface area contributed by atoms with E-state index in [0.717, 1.165) is 5.92 Å². The Kier molecular flexibility index (Phi) is 2.86. The second-order valence-corrected chi connectivity index (χ2v) is 3.81. The molecule has 0 amide bonds. The number of hydrogen-bond donors (Lipinski definition) is 0. The van der Waals surface area contributed by atoms with Gasteiger partial charge in [-0.2, -0.15) is 0 Å². The van der Waals surface area contributed by atoms with Crippen LogP contribution in [0, 0.1) is 5.92 Å². The fourth-order valence-corrected chi connectivity index (χ4v) is 1.94. The summed E-state index contributed by atoms with van der Waals surface area (Å²) in [6.07, 6.45) is 15.0. The normalized spacial score (nSPS) is 19.7. The third kappa shape index (κ3) is 2.48. The molecule has 2 rings (SSSR count). The minimum Gasteiger partial charge on any atom is -0.472 e. The highest BCUT2D eigenvalue weighted by atomic mass is 16.3. The van der Waals surface area contributed by atoms with Crippen LogP contribution in [0.1, 0.15) is 37.7 Å². The molecule has 0 N–H and O–H groups in total. The van der Waals surface area contributed by atoms with Crippen LogP contribution in [0.2, 0.25) is 0 Å². The van der Waals surface area contributed by atoms with Gasteiger partial charge < -0.3 is 4.42 Å². The van der Waals surface area contributed by atoms with Crippen LogP contribution in [-0.4, -0.2) is 0 Å². The van der Waals surface area contributed by atoms with Gasteiger partial charge >= 0.3 is 0 Å². The highest BCUT2D eigenvalue weighted by Crippen LogP contribution is 2.25. The summed E-state index contributed by atoms with van der Waals surface area (Å²) in [4.78, 5) is 0. The molecule has 0 saturated heterocycles. The minimum atomic E-state index is 0.809. The van der Waals surface area contributed by atoms with Gasteiger partial charge in [0.2, 0.25) is 0 Å². The summed E-state index contributed by atoms with van der Waals surface area (Å²) < 4.78 is 5.00. The van der Waals surface area contributed by atoms with Gasteiger partial charge in [0, 0.05) is 5.56 Å². The lowest BCUT2D eigenvalue weighted by molar-refractivity contribution is 0.420. The molecule has 70 valence electrons. The molecule has 0 bridgehead atoms. The molecule has 1 aromatic rings. The Morgan fingerprint density at radius 2 is 2.08 bits per heavy atom. The van der Waals surface area contributed by atoms with E-state index in [1.54, 1.807) is 12.5 Å². The maximum Gasteiger partial charge on any atom is 0.0974 e. The number of furan rings is 1. The second-order valence-electron chi connectivity index (χ2n) is 3.81. The van der Waals surface area contributed by atoms with E-state index in [1.165, 1.54) is 37.7 Å². The molecule has 0 aromatic carbocycles. The SMILES string of the molecule is C(=C\C1CCCCC1)/c1ccoc1. The van der Waals surface area contributed by atoms with E-state index in [9.17, 15) is 0 Å². The lowest BCUT2D eigenvalue weighted by Crippen LogP contribution is -2.02. The summed E-state index contributed by atoms with van der Waals surface area (Å²) in [5.74, 6) is 0.809. The first kappa shape index (κ1) is 8.61. The van der Waals surface area contributed by atoms with Crippen LogP contribution in [-0.2, 0) is 0 Å². The van der Waals surface area contributed by atoms with Crippen molar-refractivity contribution in [3.63, 3.8) is 0 Å². The van der Waals surface area contributed by atoms with Crippen molar-refractivity contribution in [2.45, 2.75) is 32.1 Å². The first-order chi connectivity index (χ1) is 6.45. The zero-order valence-corrected chi connectivity index (χ0v) is 7.91. The van der Waals surface area contributed by atoms with E-state index in [2.05, 4.69) is 12.2 Å². The molecule has 1 aromatic heterocycles. The van der Waals surface area contributed by atoms with Crippen LogP contribution in [0.25, 0.3) is 6.08 Å². The van der Waals surface area contributed by atoms with Crippen molar-refractivity contribution in [2.75, 3.05) is 0 Å². The number of hydrogen-bond acceptors (Lipinski definition) is 1. The van der Waals surface area contributed by atoms with E-state index in [1.807, 2.05) is 6.07 Å². The van der Waals surface area contributed by atoms with Gasteiger partial charge in [-0.3, -0.25) is 0 Å². The van der Waals surface area contributed by atoms with Crippen molar-refractivity contribution in [1.29, 1.82) is 0 Å². The zero-order valence-electron chi connectivity index (χ0n) is 7.91. The molecule has 13 heavy (non-hydrogen) atoms. The first-order valence-corrected chi connectivity index (χ1v) is 5.15. The molecule has 1 fully saturated rings. The van der Waals surface area contributed by atoms with Crippen LogP contribution in [0.3, 0.4) is 0 Å². The Balaban J connectivity index is 1.89. The maximum atomic E-state index is 5.00. The molecule has 1 heterocycles. The molecule has 1 aliphatic carbocycles. The zero-order chi connectivity index (χ0) is 8.93. The largest absolute Gasteiger partial charge is 0.472 e. The predicted octanol–water partition coefficient (Wildman–Crippen LogP) is 3.87. The van der Waals surface area contributed by atoms with E-state index in [0.29, 0.717) is 0 Å². The van der Waals surface area contributed by atoms with Crippen molar-refractivity contribution in [2.24, 2.45) is 5.92 Å². The van der Waals surface area contributed by atoms with Gasteiger partial charge in [0.25, 0.3) is 0 Å². The molecule has 0 atom stereocenters. The Labute approximate surface area is 79.4 Å². The van der Waals surface area contributed by atoms with Gasteiger partial charge in [0.15, 0.2) is 0 Å². The molecule has 1 nitrogen and oxygen atoms in total. The first-order valence-electron chi connectivity index (χ1n) is 5.15. The molecule has 1 saturated carbocycles. The number of allylic oxidation sites excluding steroid dienone is 1. The van der Waals surface area contributed by atoms with Crippen LogP contribution < -0.4 is 0 Å². The molecule has 0 radical (unpaired) electrons. The van der Waals surface area contributed by atoms with Gasteiger partial charge in [0.1, 0.15) is 0 Å². The summed E-state index contributed by atoms with van der Waals surface area (Å²) in [5, 5.41) is 0. The highest BCUT2D eigenvalue weighted by Gasteiger charge is 2.09. The minimum absolute atomic E-state index is 0.809. The van der Waals surface area contributed by atoms with Crippen molar-refractivity contribution in [3.8, 4) is 0 Å². The summed E-state index contributed by atoms with van der Waals surface area (Å²) in [7, 11) is 0. The quantitative estimate of drug-likeness (QED) is 0.666. The van der Waals surface area contributed by atoms with Gasteiger partial charge in [0.05, 0.1) is 12.5 Å². The van der Waals surface area contributed by atoms with E-state index in [-0.39, 0.29) is 0 Å². The molecule has 0 spiro atoms. The summed E-state index contributed by atoms with van der Waals surface area (Å²) in [5.41, 5.74) is 1.19. The van der Waals surface area contributed by atoms with Crippen LogP contribution in [0.4, 0.5) is 0 Å². The van der Waals surface area contributed by atoms with Crippen LogP contribution in [0.5, 0.6) is 0 Å². The van der Waals surface area contributed by atoms with Crippen molar-refractivity contribution >= 4 is 6.08 Å². The molecule has 1 aliphatic rings. The summed E-state index contributed by atoms with van der Waals surface area (Å²) in [6, 6.07) is 2.00. The van der Waals surface area contributed by atoms with E-state index < -0.39 is 0 Å². The predicted molar refractivity (Wildman–Crippen MR) is 54.3 cm³/mol. The fourth-order valence-electron chi connectivity index (χ4n) is 1.94. The molecule has 1 heteroatoms. The van der Waals surface area contributed by atoms with Gasteiger partial charge in [-0.05, 0) is 24.8 Å². The lowest BCUT2D eigenvalue weighted by atomic mass is 9.89. The van der Waals surface area contributed by atoms with Crippen molar-refractivity contribution < 1.29 is 4.42 Å². The van der Waals surface area contributed by atoms with Gasteiger partial charge in [-0.25, -0.2) is 0 Å². The third-order valence-electron chi connectivity index (χ3n) is 2.75. The Morgan fingerprint density at radius 1 is 1.23 bits per heavy atom. The van der Waals surface area contributed by atoms with Gasteiger partial charge in [-0.15, -0.1) is 0 Å². The van der Waals surface area contributed by atoms with E-state index >= 15 is 0 Å². The summed E-state index contributed by atoms with van der Waals surface area (Å²) >= 11 is 0. The lowest BCUT2D eigenvalue weighted by Gasteiger charge is -2.17. The topological polar surface area (TPSA) is 13.1 Å². The summed E-state index contributed by atoms with van der Waals surface area (Å²) in [6.45, 7) is 0. The van der Waals surface area contributed by atoms with Crippen molar-refractivity contribution in [1.82, 2.24) is 0 Å². The highest BCUT2D eigenvalue weighted by molar-refractivity contribution is 5.47. The second kappa shape index (κ2) is 4.31. The maximum absolute atomic E-state index is 5.00. The average molecular weight is 176 g/mol.